The molecule has 17 heavy (non-hydrogen) atoms. The van der Waals surface area contributed by atoms with Crippen LogP contribution in [0.25, 0.3) is 0 Å². The Bertz CT molecular complexity index is 285. The van der Waals surface area contributed by atoms with Gasteiger partial charge in [-0.25, -0.2) is 0 Å². The van der Waals surface area contributed by atoms with Crippen molar-refractivity contribution in [2.75, 3.05) is 19.6 Å². The van der Waals surface area contributed by atoms with Crippen LogP contribution in [0.2, 0.25) is 0 Å². The molecule has 2 rings (SSSR count). The number of nitrogens with one attached hydrogen (secondary N) is 1. The van der Waals surface area contributed by atoms with Gasteiger partial charge in [-0.15, -0.1) is 0 Å². The molecule has 2 fully saturated rings. The Morgan fingerprint density at radius 2 is 1.59 bits per heavy atom. The van der Waals surface area contributed by atoms with Crippen molar-refractivity contribution in [3.63, 3.8) is 0 Å². The summed E-state index contributed by atoms with van der Waals surface area (Å²) < 4.78 is 0. The zero-order valence-electron chi connectivity index (χ0n) is 12.7. The molecule has 0 radical (unpaired) electrons. The highest BCUT2D eigenvalue weighted by Crippen LogP contribution is 2.65. The van der Waals surface area contributed by atoms with Crippen LogP contribution in [-0.4, -0.2) is 36.6 Å². The van der Waals surface area contributed by atoms with Crippen LogP contribution in [-0.2, 0) is 0 Å². The monoisotopic (exact) mass is 238 g/mol. The molecule has 0 spiro atoms. The van der Waals surface area contributed by atoms with E-state index in [2.05, 4.69) is 58.7 Å². The third-order valence-electron chi connectivity index (χ3n) is 5.56. The minimum absolute atomic E-state index is 0.363. The Morgan fingerprint density at radius 3 is 2.00 bits per heavy atom. The van der Waals surface area contributed by atoms with Crippen LogP contribution >= 0.6 is 0 Å². The van der Waals surface area contributed by atoms with Gasteiger partial charge in [-0.2, -0.15) is 0 Å². The first-order valence-electron chi connectivity index (χ1n) is 7.06. The standard InChI is InChI=1S/C15H30N2/c1-13(2,3)11-10-17(9-8-16-11)12-14(4,5)15(12,6)7/h11-12,16H,8-10H2,1-7H3. The van der Waals surface area contributed by atoms with Gasteiger partial charge in [0.25, 0.3) is 0 Å². The van der Waals surface area contributed by atoms with Gasteiger partial charge in [-0.3, -0.25) is 4.90 Å². The third-order valence-corrected chi connectivity index (χ3v) is 5.56. The fourth-order valence-electron chi connectivity index (χ4n) is 3.66. The van der Waals surface area contributed by atoms with E-state index >= 15 is 0 Å². The Labute approximate surface area is 107 Å². The molecule has 1 N–H and O–H groups in total. The quantitative estimate of drug-likeness (QED) is 0.755. The molecule has 2 heteroatoms. The van der Waals surface area contributed by atoms with Crippen molar-refractivity contribution in [1.29, 1.82) is 0 Å². The molecule has 1 saturated carbocycles. The minimum atomic E-state index is 0.363. The van der Waals surface area contributed by atoms with Crippen LogP contribution in [0.1, 0.15) is 48.5 Å². The molecule has 0 aromatic carbocycles. The Balaban J connectivity index is 2.05. The molecule has 1 atom stereocenters. The van der Waals surface area contributed by atoms with Gasteiger partial charge in [-0.1, -0.05) is 48.5 Å². The van der Waals surface area contributed by atoms with Crippen LogP contribution in [0.15, 0.2) is 0 Å². The van der Waals surface area contributed by atoms with Crippen LogP contribution in [0.3, 0.4) is 0 Å². The van der Waals surface area contributed by atoms with Crippen molar-refractivity contribution in [3.8, 4) is 0 Å². The van der Waals surface area contributed by atoms with Gasteiger partial charge in [0.2, 0.25) is 0 Å². The molecule has 2 aliphatic rings. The topological polar surface area (TPSA) is 15.3 Å². The second kappa shape index (κ2) is 3.71. The molecule has 100 valence electrons. The third kappa shape index (κ3) is 2.04. The lowest BCUT2D eigenvalue weighted by molar-refractivity contribution is 0.113. The maximum absolute atomic E-state index is 3.68. The lowest BCUT2D eigenvalue weighted by Crippen LogP contribution is -2.57. The van der Waals surface area contributed by atoms with Gasteiger partial charge in [-0.05, 0) is 16.2 Å². The number of hydrogen-bond acceptors (Lipinski definition) is 2. The fourth-order valence-corrected chi connectivity index (χ4v) is 3.66. The van der Waals surface area contributed by atoms with E-state index in [9.17, 15) is 0 Å². The molecule has 2 nitrogen and oxygen atoms in total. The lowest BCUT2D eigenvalue weighted by Gasteiger charge is -2.41. The average molecular weight is 238 g/mol. The Morgan fingerprint density at radius 1 is 1.06 bits per heavy atom. The molecule has 1 aliphatic heterocycles. The largest absolute Gasteiger partial charge is 0.311 e. The van der Waals surface area contributed by atoms with Gasteiger partial charge >= 0.3 is 0 Å². The van der Waals surface area contributed by atoms with E-state index in [0.29, 0.717) is 22.3 Å². The molecule has 0 aromatic heterocycles. The smallest absolute Gasteiger partial charge is 0.0244 e. The summed E-state index contributed by atoms with van der Waals surface area (Å²) in [7, 11) is 0. The van der Waals surface area contributed by atoms with Gasteiger partial charge in [0.15, 0.2) is 0 Å². The molecular weight excluding hydrogens is 208 g/mol. The predicted molar refractivity (Wildman–Crippen MR) is 74.2 cm³/mol. The van der Waals surface area contributed by atoms with Gasteiger partial charge in [0, 0.05) is 31.7 Å². The van der Waals surface area contributed by atoms with Crippen molar-refractivity contribution >= 4 is 0 Å². The van der Waals surface area contributed by atoms with Crippen LogP contribution in [0.5, 0.6) is 0 Å². The Hall–Kier alpha value is -0.0800. The van der Waals surface area contributed by atoms with Crippen LogP contribution in [0, 0.1) is 16.2 Å². The number of rotatable bonds is 1. The number of hydrogen-bond donors (Lipinski definition) is 1. The van der Waals surface area contributed by atoms with Gasteiger partial charge in [0.05, 0.1) is 0 Å². The van der Waals surface area contributed by atoms with Gasteiger partial charge < -0.3 is 5.32 Å². The summed E-state index contributed by atoms with van der Waals surface area (Å²) in [6.07, 6.45) is 0. The normalized spacial score (nSPS) is 33.7. The zero-order valence-corrected chi connectivity index (χ0v) is 12.7. The molecule has 1 unspecified atom stereocenters. The van der Waals surface area contributed by atoms with E-state index in [1.54, 1.807) is 0 Å². The molecule has 1 heterocycles. The second-order valence-electron chi connectivity index (χ2n) is 8.21. The zero-order chi connectivity index (χ0) is 13.1. The van der Waals surface area contributed by atoms with Gasteiger partial charge in [0.1, 0.15) is 0 Å². The van der Waals surface area contributed by atoms with Crippen molar-refractivity contribution in [2.24, 2.45) is 16.2 Å². The number of piperazine rings is 1. The predicted octanol–water partition coefficient (Wildman–Crippen LogP) is 2.74. The van der Waals surface area contributed by atoms with E-state index in [1.165, 1.54) is 13.1 Å². The van der Waals surface area contributed by atoms with Crippen molar-refractivity contribution in [1.82, 2.24) is 10.2 Å². The maximum atomic E-state index is 3.68. The fraction of sp³-hybridized carbons (Fsp3) is 1.00. The van der Waals surface area contributed by atoms with Crippen LogP contribution in [0.4, 0.5) is 0 Å². The first kappa shape index (κ1) is 13.4. The Kier molecular flexibility index (Phi) is 2.91. The van der Waals surface area contributed by atoms with E-state index in [4.69, 9.17) is 0 Å². The summed E-state index contributed by atoms with van der Waals surface area (Å²) in [6.45, 7) is 20.3. The van der Waals surface area contributed by atoms with Crippen molar-refractivity contribution < 1.29 is 0 Å². The summed E-state index contributed by atoms with van der Waals surface area (Å²) in [5.74, 6) is 0. The molecule has 1 aliphatic carbocycles. The first-order valence-corrected chi connectivity index (χ1v) is 7.06. The molecular formula is C15H30N2. The van der Waals surface area contributed by atoms with Crippen molar-refractivity contribution in [2.45, 2.75) is 60.5 Å². The van der Waals surface area contributed by atoms with Crippen LogP contribution < -0.4 is 5.32 Å². The SMILES string of the molecule is CC(C)(C)C1CN(C2C(C)(C)C2(C)C)CCN1. The second-order valence-corrected chi connectivity index (χ2v) is 8.21. The summed E-state index contributed by atoms with van der Waals surface area (Å²) >= 11 is 0. The highest BCUT2D eigenvalue weighted by atomic mass is 15.3. The van der Waals surface area contributed by atoms with E-state index in [0.717, 1.165) is 12.6 Å². The van der Waals surface area contributed by atoms with E-state index in [-0.39, 0.29) is 0 Å². The van der Waals surface area contributed by atoms with Crippen molar-refractivity contribution in [3.05, 3.63) is 0 Å². The maximum Gasteiger partial charge on any atom is 0.0244 e. The molecule has 0 bridgehead atoms. The minimum Gasteiger partial charge on any atom is -0.311 e. The summed E-state index contributed by atoms with van der Waals surface area (Å²) in [6, 6.07) is 1.39. The molecule has 0 amide bonds. The van der Waals surface area contributed by atoms with E-state index < -0.39 is 0 Å². The lowest BCUT2D eigenvalue weighted by atomic mass is 9.85. The van der Waals surface area contributed by atoms with E-state index in [1.807, 2.05) is 0 Å². The first-order chi connectivity index (χ1) is 7.58. The molecule has 1 saturated heterocycles. The summed E-state index contributed by atoms with van der Waals surface area (Å²) in [5.41, 5.74) is 1.32. The average Bonchev–Trinajstić information content (AvgIpc) is 2.56. The summed E-state index contributed by atoms with van der Waals surface area (Å²) in [4.78, 5) is 2.73. The summed E-state index contributed by atoms with van der Waals surface area (Å²) in [5, 5.41) is 3.68. The highest BCUT2D eigenvalue weighted by molar-refractivity contribution is 5.19. The molecule has 0 aromatic rings. The number of nitrogens with zero attached hydrogens (tertiary/aromatic N) is 1. The highest BCUT2D eigenvalue weighted by Gasteiger charge is 2.67.